The number of H-pyrrole nitrogens is 2. The van der Waals surface area contributed by atoms with Crippen LogP contribution in [0.5, 0.6) is 0 Å². The standard InChI is InChI=1S/C23H21FN8/c24-19-18-16(12-27-20(19)13-9-14(25)11-26-10-13)30-31-22(18)23-28-15-5-4-6-17(21(15)29-23)32-7-2-1-3-8-32/h4-6,9-12H,1-3,7-8,25H2,(H,28,29)(H,30,31). The van der Waals surface area contributed by atoms with E-state index in [1.165, 1.54) is 25.5 Å². The summed E-state index contributed by atoms with van der Waals surface area (Å²) >= 11 is 0. The van der Waals surface area contributed by atoms with Crippen LogP contribution in [0.2, 0.25) is 0 Å². The first-order valence-electron chi connectivity index (χ1n) is 10.7. The van der Waals surface area contributed by atoms with Gasteiger partial charge in [0.2, 0.25) is 0 Å². The Morgan fingerprint density at radius 3 is 2.72 bits per heavy atom. The van der Waals surface area contributed by atoms with E-state index in [2.05, 4.69) is 36.1 Å². The van der Waals surface area contributed by atoms with E-state index in [0.717, 1.165) is 29.8 Å². The van der Waals surface area contributed by atoms with Crippen molar-refractivity contribution in [3.05, 3.63) is 48.7 Å². The molecule has 160 valence electrons. The van der Waals surface area contributed by atoms with Crippen molar-refractivity contribution in [2.45, 2.75) is 19.3 Å². The quantitative estimate of drug-likeness (QED) is 0.395. The molecule has 0 aliphatic carbocycles. The molecule has 4 N–H and O–H groups in total. The molecular weight excluding hydrogens is 407 g/mol. The largest absolute Gasteiger partial charge is 0.397 e. The topological polar surface area (TPSA) is 112 Å². The van der Waals surface area contributed by atoms with Gasteiger partial charge in [0.05, 0.1) is 34.0 Å². The highest BCUT2D eigenvalue weighted by atomic mass is 19.1. The lowest BCUT2D eigenvalue weighted by atomic mass is 10.1. The number of piperidine rings is 1. The Labute approximate surface area is 182 Å². The minimum absolute atomic E-state index is 0.171. The predicted molar refractivity (Wildman–Crippen MR) is 123 cm³/mol. The van der Waals surface area contributed by atoms with Crippen molar-refractivity contribution in [2.24, 2.45) is 0 Å². The van der Waals surface area contributed by atoms with Crippen molar-refractivity contribution in [1.82, 2.24) is 30.1 Å². The van der Waals surface area contributed by atoms with Crippen molar-refractivity contribution >= 4 is 33.3 Å². The summed E-state index contributed by atoms with van der Waals surface area (Å²) in [5.41, 5.74) is 10.7. The molecule has 0 spiro atoms. The number of nitrogens with zero attached hydrogens (tertiary/aromatic N) is 5. The van der Waals surface area contributed by atoms with Gasteiger partial charge >= 0.3 is 0 Å². The fourth-order valence-electron chi connectivity index (χ4n) is 4.45. The molecule has 5 aromatic rings. The number of benzene rings is 1. The van der Waals surface area contributed by atoms with Crippen LogP contribution in [0.25, 0.3) is 44.7 Å². The molecular formula is C23H21FN8. The minimum atomic E-state index is -0.490. The highest BCUT2D eigenvalue weighted by Gasteiger charge is 2.22. The van der Waals surface area contributed by atoms with Crippen molar-refractivity contribution in [3.8, 4) is 22.8 Å². The molecule has 0 bridgehead atoms. The van der Waals surface area contributed by atoms with E-state index in [9.17, 15) is 0 Å². The zero-order chi connectivity index (χ0) is 21.7. The highest BCUT2D eigenvalue weighted by molar-refractivity contribution is 5.97. The summed E-state index contributed by atoms with van der Waals surface area (Å²) in [6.45, 7) is 2.04. The average Bonchev–Trinajstić information content (AvgIpc) is 3.44. The maximum atomic E-state index is 15.7. The van der Waals surface area contributed by atoms with Gasteiger partial charge in [-0.1, -0.05) is 6.07 Å². The van der Waals surface area contributed by atoms with Gasteiger partial charge in [-0.15, -0.1) is 0 Å². The first-order valence-corrected chi connectivity index (χ1v) is 10.7. The lowest BCUT2D eigenvalue weighted by Gasteiger charge is -2.28. The smallest absolute Gasteiger partial charge is 0.161 e. The van der Waals surface area contributed by atoms with Crippen LogP contribution < -0.4 is 10.6 Å². The summed E-state index contributed by atoms with van der Waals surface area (Å²) in [6.07, 6.45) is 8.23. The minimum Gasteiger partial charge on any atom is -0.397 e. The van der Waals surface area contributed by atoms with E-state index in [0.29, 0.717) is 33.7 Å². The number of rotatable bonds is 3. The average molecular weight is 428 g/mol. The predicted octanol–water partition coefficient (Wildman–Crippen LogP) is 4.27. The van der Waals surface area contributed by atoms with Crippen LogP contribution in [0.1, 0.15) is 19.3 Å². The molecule has 4 aromatic heterocycles. The van der Waals surface area contributed by atoms with Crippen LogP contribution in [0.3, 0.4) is 0 Å². The van der Waals surface area contributed by atoms with Gasteiger partial charge < -0.3 is 15.6 Å². The van der Waals surface area contributed by atoms with Gasteiger partial charge in [-0.25, -0.2) is 9.37 Å². The van der Waals surface area contributed by atoms with Gasteiger partial charge in [-0.2, -0.15) is 5.10 Å². The van der Waals surface area contributed by atoms with Crippen LogP contribution in [-0.2, 0) is 0 Å². The molecule has 1 fully saturated rings. The Morgan fingerprint density at radius 2 is 1.88 bits per heavy atom. The first-order chi connectivity index (χ1) is 15.7. The molecule has 0 amide bonds. The number of nitrogens with two attached hydrogens (primary N) is 1. The van der Waals surface area contributed by atoms with Crippen molar-refractivity contribution < 1.29 is 4.39 Å². The Hall–Kier alpha value is -4.01. The first kappa shape index (κ1) is 18.7. The van der Waals surface area contributed by atoms with Gasteiger partial charge in [0.25, 0.3) is 0 Å². The lowest BCUT2D eigenvalue weighted by Crippen LogP contribution is -2.29. The monoisotopic (exact) mass is 428 g/mol. The van der Waals surface area contributed by atoms with Crippen LogP contribution in [0, 0.1) is 5.82 Å². The Bertz CT molecular complexity index is 1450. The van der Waals surface area contributed by atoms with Crippen molar-refractivity contribution in [1.29, 1.82) is 0 Å². The third-order valence-corrected chi connectivity index (χ3v) is 5.99. The van der Waals surface area contributed by atoms with Crippen molar-refractivity contribution in [2.75, 3.05) is 23.7 Å². The summed E-state index contributed by atoms with van der Waals surface area (Å²) in [6, 6.07) is 7.74. The number of hydrogen-bond donors (Lipinski definition) is 3. The molecule has 1 saturated heterocycles. The molecule has 1 aliphatic heterocycles. The number of imidazole rings is 1. The SMILES string of the molecule is Nc1cncc(-c2ncc3[nH]nc(-c4nc5c(N6CCCCC6)cccc5[nH]4)c3c2F)c1. The van der Waals surface area contributed by atoms with Crippen LogP contribution in [-0.4, -0.2) is 43.2 Å². The molecule has 1 aromatic carbocycles. The summed E-state index contributed by atoms with van der Waals surface area (Å²) in [4.78, 5) is 18.9. The van der Waals surface area contributed by atoms with E-state index in [1.54, 1.807) is 18.5 Å². The maximum Gasteiger partial charge on any atom is 0.161 e. The lowest BCUT2D eigenvalue weighted by molar-refractivity contribution is 0.579. The Balaban J connectivity index is 1.50. The molecule has 5 heterocycles. The zero-order valence-corrected chi connectivity index (χ0v) is 17.3. The molecule has 0 radical (unpaired) electrons. The van der Waals surface area contributed by atoms with E-state index in [-0.39, 0.29) is 5.69 Å². The summed E-state index contributed by atoms with van der Waals surface area (Å²) in [7, 11) is 0. The molecule has 0 saturated carbocycles. The number of pyridine rings is 2. The molecule has 32 heavy (non-hydrogen) atoms. The second-order valence-electron chi connectivity index (χ2n) is 8.10. The Kier molecular flexibility index (Phi) is 4.27. The molecule has 0 atom stereocenters. The third-order valence-electron chi connectivity index (χ3n) is 5.99. The Morgan fingerprint density at radius 1 is 1.00 bits per heavy atom. The number of nitrogen functional groups attached to an aromatic ring is 1. The second-order valence-corrected chi connectivity index (χ2v) is 8.10. The number of anilines is 2. The molecule has 6 rings (SSSR count). The van der Waals surface area contributed by atoms with Gasteiger partial charge in [0.15, 0.2) is 11.6 Å². The second kappa shape index (κ2) is 7.30. The number of fused-ring (bicyclic) bond motifs is 2. The molecule has 0 unspecified atom stereocenters. The van der Waals surface area contributed by atoms with Crippen LogP contribution in [0.15, 0.2) is 42.9 Å². The third kappa shape index (κ3) is 2.96. The zero-order valence-electron chi connectivity index (χ0n) is 17.3. The number of aromatic amines is 2. The summed E-state index contributed by atoms with van der Waals surface area (Å²) in [5, 5.41) is 7.57. The van der Waals surface area contributed by atoms with Gasteiger partial charge in [-0.3, -0.25) is 15.1 Å². The summed E-state index contributed by atoms with van der Waals surface area (Å²) < 4.78 is 15.7. The normalized spacial score (nSPS) is 14.5. The van der Waals surface area contributed by atoms with E-state index in [1.807, 2.05) is 12.1 Å². The van der Waals surface area contributed by atoms with Gasteiger partial charge in [0.1, 0.15) is 16.9 Å². The molecule has 1 aliphatic rings. The maximum absolute atomic E-state index is 15.7. The summed E-state index contributed by atoms with van der Waals surface area (Å²) in [5.74, 6) is 0.0211. The van der Waals surface area contributed by atoms with Crippen molar-refractivity contribution in [3.63, 3.8) is 0 Å². The fraction of sp³-hybridized carbons (Fsp3) is 0.217. The van der Waals surface area contributed by atoms with Crippen LogP contribution >= 0.6 is 0 Å². The van der Waals surface area contributed by atoms with E-state index in [4.69, 9.17) is 10.7 Å². The van der Waals surface area contributed by atoms with E-state index >= 15 is 4.39 Å². The van der Waals surface area contributed by atoms with Gasteiger partial charge in [-0.05, 0) is 37.5 Å². The number of para-hydroxylation sites is 1. The number of halogens is 1. The molecule has 8 nitrogen and oxygen atoms in total. The fourth-order valence-corrected chi connectivity index (χ4v) is 4.45. The van der Waals surface area contributed by atoms with Crippen LogP contribution in [0.4, 0.5) is 15.8 Å². The van der Waals surface area contributed by atoms with E-state index < -0.39 is 5.82 Å². The number of hydrogen-bond acceptors (Lipinski definition) is 6. The molecule has 9 heteroatoms. The number of nitrogens with one attached hydrogen (secondary N) is 2. The number of aromatic nitrogens is 6. The highest BCUT2D eigenvalue weighted by Crippen LogP contribution is 2.34. The van der Waals surface area contributed by atoms with Gasteiger partial charge in [0, 0.05) is 31.0 Å².